The summed E-state index contributed by atoms with van der Waals surface area (Å²) in [4.78, 5) is 3.02. The second-order valence-corrected chi connectivity index (χ2v) is 6.52. The zero-order chi connectivity index (χ0) is 24.0. The number of hydrogen-bond donors (Lipinski definition) is 0. The van der Waals surface area contributed by atoms with E-state index in [0.29, 0.717) is 11.6 Å². The Bertz CT molecular complexity index is 1260. The molecule has 0 saturated carbocycles. The molecule has 0 spiro atoms. The first-order chi connectivity index (χ1) is 14.7. The van der Waals surface area contributed by atoms with Crippen LogP contribution < -0.4 is 4.57 Å². The molecule has 0 aliphatic carbocycles. The molecular formula is C22H16F5N2+. The first-order valence-corrected chi connectivity index (χ1v) is 8.33. The standard InChI is InChI=1S/C22H16F5N2/c1-12-7-13(2)17(21-10-19(23)20(24)11-29(21)4)9-16(12)15-6-5-14(28-3)8-18(15)22(25,26)27/h5-11H,1-2,4H3/q+1/i1D3. The van der Waals surface area contributed by atoms with Crippen molar-refractivity contribution >= 4 is 5.69 Å². The molecule has 3 aromatic rings. The Morgan fingerprint density at radius 1 is 0.966 bits per heavy atom. The lowest BCUT2D eigenvalue weighted by Crippen LogP contribution is -2.32. The SMILES string of the molecule is [2H]C([2H])([2H])c1cc(C)c(-c2cc(F)c(F)c[n+]2C)cc1-c1ccc([N+]#[C-])cc1C(F)(F)F. The average Bonchev–Trinajstić information content (AvgIpc) is 2.69. The summed E-state index contributed by atoms with van der Waals surface area (Å²) < 4.78 is 93.7. The maximum absolute atomic E-state index is 13.9. The highest BCUT2D eigenvalue weighted by molar-refractivity contribution is 5.79. The molecule has 2 aromatic carbocycles. The van der Waals surface area contributed by atoms with Gasteiger partial charge in [0.15, 0.2) is 11.5 Å². The molecule has 0 radical (unpaired) electrons. The van der Waals surface area contributed by atoms with Gasteiger partial charge in [0.1, 0.15) is 7.05 Å². The number of pyridine rings is 1. The molecule has 2 nitrogen and oxygen atoms in total. The predicted octanol–water partition coefficient (Wildman–Crippen LogP) is 6.31. The molecule has 0 bridgehead atoms. The Hall–Kier alpha value is -3.27. The summed E-state index contributed by atoms with van der Waals surface area (Å²) in [7, 11) is 1.43. The van der Waals surface area contributed by atoms with Crippen LogP contribution in [0.3, 0.4) is 0 Å². The molecule has 1 heterocycles. The van der Waals surface area contributed by atoms with Crippen LogP contribution in [0.1, 0.15) is 20.8 Å². The molecule has 29 heavy (non-hydrogen) atoms. The highest BCUT2D eigenvalue weighted by Gasteiger charge is 2.34. The summed E-state index contributed by atoms with van der Waals surface area (Å²) in [6.07, 6.45) is -3.98. The Morgan fingerprint density at radius 3 is 2.31 bits per heavy atom. The molecular weight excluding hydrogens is 387 g/mol. The van der Waals surface area contributed by atoms with Crippen molar-refractivity contribution < 1.29 is 30.6 Å². The fourth-order valence-electron chi connectivity index (χ4n) is 3.14. The van der Waals surface area contributed by atoms with E-state index in [4.69, 9.17) is 10.7 Å². The second-order valence-electron chi connectivity index (χ2n) is 6.52. The van der Waals surface area contributed by atoms with E-state index in [0.717, 1.165) is 24.4 Å². The van der Waals surface area contributed by atoms with Gasteiger partial charge in [-0.1, -0.05) is 18.2 Å². The summed E-state index contributed by atoms with van der Waals surface area (Å²) in [5.74, 6) is -2.27. The molecule has 7 heteroatoms. The van der Waals surface area contributed by atoms with Gasteiger partial charge in [-0.25, -0.2) is 9.24 Å². The van der Waals surface area contributed by atoms with Gasteiger partial charge in [-0.05, 0) is 48.2 Å². The van der Waals surface area contributed by atoms with Gasteiger partial charge in [-0.3, -0.25) is 0 Å². The molecule has 0 fully saturated rings. The van der Waals surface area contributed by atoms with Gasteiger partial charge < -0.3 is 0 Å². The lowest BCUT2D eigenvalue weighted by atomic mass is 9.90. The molecule has 148 valence electrons. The van der Waals surface area contributed by atoms with Gasteiger partial charge in [0.05, 0.1) is 12.1 Å². The normalized spacial score (nSPS) is 13.4. The molecule has 1 aromatic heterocycles. The van der Waals surface area contributed by atoms with Crippen molar-refractivity contribution in [2.24, 2.45) is 7.05 Å². The first kappa shape index (κ1) is 16.7. The van der Waals surface area contributed by atoms with Gasteiger partial charge >= 0.3 is 6.18 Å². The fourth-order valence-corrected chi connectivity index (χ4v) is 3.14. The Morgan fingerprint density at radius 2 is 1.69 bits per heavy atom. The number of alkyl halides is 3. The van der Waals surface area contributed by atoms with Crippen LogP contribution >= 0.6 is 0 Å². The Balaban J connectivity index is 2.43. The Kier molecular flexibility index (Phi) is 4.18. The summed E-state index contributed by atoms with van der Waals surface area (Å²) in [6, 6.07) is 6.21. The van der Waals surface area contributed by atoms with E-state index in [1.807, 2.05) is 0 Å². The molecule has 0 aliphatic rings. The third-order valence-electron chi connectivity index (χ3n) is 4.55. The zero-order valence-electron chi connectivity index (χ0n) is 18.3. The maximum atomic E-state index is 13.9. The van der Waals surface area contributed by atoms with E-state index in [2.05, 4.69) is 4.85 Å². The van der Waals surface area contributed by atoms with Crippen LogP contribution in [0, 0.1) is 32.0 Å². The monoisotopic (exact) mass is 406 g/mol. The topological polar surface area (TPSA) is 8.24 Å². The number of benzene rings is 2. The highest BCUT2D eigenvalue weighted by atomic mass is 19.4. The van der Waals surface area contributed by atoms with Gasteiger partial charge in [0.25, 0.3) is 0 Å². The minimum Gasteiger partial charge on any atom is -0.238 e. The van der Waals surface area contributed by atoms with Crippen LogP contribution in [0.15, 0.2) is 42.6 Å². The number of rotatable bonds is 2. The van der Waals surface area contributed by atoms with Crippen LogP contribution in [-0.4, -0.2) is 0 Å². The molecule has 0 unspecified atom stereocenters. The summed E-state index contributed by atoms with van der Waals surface area (Å²) in [6.45, 7) is 5.77. The van der Waals surface area contributed by atoms with E-state index < -0.39 is 35.8 Å². The smallest absolute Gasteiger partial charge is 0.238 e. The molecule has 0 saturated heterocycles. The van der Waals surface area contributed by atoms with E-state index in [-0.39, 0.29) is 28.1 Å². The fraction of sp³-hybridized carbons (Fsp3) is 0.182. The van der Waals surface area contributed by atoms with E-state index >= 15 is 0 Å². The third-order valence-corrected chi connectivity index (χ3v) is 4.55. The van der Waals surface area contributed by atoms with Crippen LogP contribution in [0.25, 0.3) is 27.2 Å². The summed E-state index contributed by atoms with van der Waals surface area (Å²) in [5, 5.41) is 0. The molecule has 0 atom stereocenters. The van der Waals surface area contributed by atoms with E-state index in [1.165, 1.54) is 30.7 Å². The largest absolute Gasteiger partial charge is 0.415 e. The Labute approximate surface area is 168 Å². The summed E-state index contributed by atoms with van der Waals surface area (Å²) in [5.41, 5.74) is -1.68. The van der Waals surface area contributed by atoms with Crippen molar-refractivity contribution in [2.75, 3.05) is 0 Å². The van der Waals surface area contributed by atoms with Crippen molar-refractivity contribution in [2.45, 2.75) is 20.0 Å². The number of aryl methyl sites for hydroxylation is 3. The molecule has 0 aliphatic heterocycles. The predicted molar refractivity (Wildman–Crippen MR) is 99.1 cm³/mol. The maximum Gasteiger partial charge on any atom is 0.415 e. The van der Waals surface area contributed by atoms with Crippen molar-refractivity contribution in [1.29, 1.82) is 0 Å². The first-order valence-electron chi connectivity index (χ1n) is 9.83. The minimum absolute atomic E-state index is 0.145. The van der Waals surface area contributed by atoms with Gasteiger partial charge in [0, 0.05) is 15.7 Å². The number of aromatic nitrogens is 1. The molecule has 0 amide bonds. The van der Waals surface area contributed by atoms with Gasteiger partial charge in [0.2, 0.25) is 17.7 Å². The lowest BCUT2D eigenvalue weighted by Gasteiger charge is -2.17. The molecule has 0 N–H and O–H groups in total. The zero-order valence-corrected chi connectivity index (χ0v) is 15.3. The third kappa shape index (κ3) is 3.83. The number of hydrogen-bond acceptors (Lipinski definition) is 0. The van der Waals surface area contributed by atoms with Crippen LogP contribution in [-0.2, 0) is 13.2 Å². The van der Waals surface area contributed by atoms with Crippen LogP contribution in [0.5, 0.6) is 0 Å². The van der Waals surface area contributed by atoms with Crippen LogP contribution in [0.2, 0.25) is 0 Å². The van der Waals surface area contributed by atoms with E-state index in [1.54, 1.807) is 0 Å². The quantitative estimate of drug-likeness (QED) is 0.268. The van der Waals surface area contributed by atoms with Crippen molar-refractivity contribution in [3.05, 3.63) is 82.3 Å². The average molecular weight is 406 g/mol. The van der Waals surface area contributed by atoms with E-state index in [9.17, 15) is 22.0 Å². The van der Waals surface area contributed by atoms with Crippen molar-refractivity contribution in [1.82, 2.24) is 0 Å². The number of nitrogens with zero attached hydrogens (tertiary/aromatic N) is 2. The molecule has 3 rings (SSSR count). The van der Waals surface area contributed by atoms with Crippen LogP contribution in [0.4, 0.5) is 27.6 Å². The summed E-state index contributed by atoms with van der Waals surface area (Å²) >= 11 is 0. The van der Waals surface area contributed by atoms with Gasteiger partial charge in [-0.15, -0.1) is 0 Å². The lowest BCUT2D eigenvalue weighted by molar-refractivity contribution is -0.662. The van der Waals surface area contributed by atoms with Crippen molar-refractivity contribution in [3.63, 3.8) is 0 Å². The van der Waals surface area contributed by atoms with Crippen molar-refractivity contribution in [3.8, 4) is 22.4 Å². The minimum atomic E-state index is -4.86. The highest BCUT2D eigenvalue weighted by Crippen LogP contribution is 2.41. The van der Waals surface area contributed by atoms with Gasteiger partial charge in [-0.2, -0.15) is 22.1 Å². The number of halogens is 5. The second kappa shape index (κ2) is 7.28.